The number of rotatable bonds is 4. The van der Waals surface area contributed by atoms with Crippen LogP contribution in [0.25, 0.3) is 0 Å². The molecule has 4 heteroatoms. The van der Waals surface area contributed by atoms with Crippen molar-refractivity contribution in [3.63, 3.8) is 0 Å². The van der Waals surface area contributed by atoms with E-state index >= 15 is 0 Å². The Balaban J connectivity index is 0. The fourth-order valence-corrected chi connectivity index (χ4v) is 0.426. The smallest absolute Gasteiger partial charge is 0.246 e. The van der Waals surface area contributed by atoms with Gasteiger partial charge in [-0.2, -0.15) is 0 Å². The van der Waals surface area contributed by atoms with Crippen LogP contribution in [0.2, 0.25) is 0 Å². The van der Waals surface area contributed by atoms with Gasteiger partial charge in [0.1, 0.15) is 0 Å². The number of nitrogens with one attached hydrogen (secondary N) is 1. The monoisotopic (exact) mass is 175 g/mol. The summed E-state index contributed by atoms with van der Waals surface area (Å²) in [5.41, 5.74) is 0.384. The highest BCUT2D eigenvalue weighted by Gasteiger charge is 2.04. The summed E-state index contributed by atoms with van der Waals surface area (Å²) in [6.45, 7) is 4.68. The van der Waals surface area contributed by atoms with Gasteiger partial charge in [0.15, 0.2) is 0 Å². The van der Waals surface area contributed by atoms with Crippen LogP contribution in [0.5, 0.6) is 0 Å². The third-order valence-corrected chi connectivity index (χ3v) is 1.10. The van der Waals surface area contributed by atoms with Crippen LogP contribution in [-0.2, 0) is 4.79 Å². The average Bonchev–Trinajstić information content (AvgIpc) is 1.99. The van der Waals surface area contributed by atoms with Crippen molar-refractivity contribution in [1.29, 1.82) is 0 Å². The molecule has 0 saturated carbocycles. The largest absolute Gasteiger partial charge is 0.394 e. The number of hydrogen-bond acceptors (Lipinski definition) is 3. The molecule has 1 amide bonds. The van der Waals surface area contributed by atoms with E-state index < -0.39 is 6.10 Å². The molecule has 0 rings (SSSR count). The SMILES string of the molecule is C.C=C(C)C(=O)NCC(O)CO. The minimum absolute atomic E-state index is 0. The maximum atomic E-state index is 10.8. The molecule has 0 aromatic rings. The van der Waals surface area contributed by atoms with Crippen LogP contribution < -0.4 is 5.32 Å². The van der Waals surface area contributed by atoms with E-state index in [2.05, 4.69) is 11.9 Å². The van der Waals surface area contributed by atoms with Crippen LogP contribution in [-0.4, -0.2) is 35.4 Å². The van der Waals surface area contributed by atoms with Crippen molar-refractivity contribution < 1.29 is 15.0 Å². The quantitative estimate of drug-likeness (QED) is 0.512. The van der Waals surface area contributed by atoms with Crippen molar-refractivity contribution in [2.75, 3.05) is 13.2 Å². The molecule has 0 fully saturated rings. The van der Waals surface area contributed by atoms with Gasteiger partial charge in [-0.1, -0.05) is 14.0 Å². The summed E-state index contributed by atoms with van der Waals surface area (Å²) in [7, 11) is 0. The molecule has 0 radical (unpaired) electrons. The summed E-state index contributed by atoms with van der Waals surface area (Å²) in [6.07, 6.45) is -0.890. The van der Waals surface area contributed by atoms with E-state index in [1.807, 2.05) is 0 Å². The molecule has 1 atom stereocenters. The second kappa shape index (κ2) is 6.82. The maximum Gasteiger partial charge on any atom is 0.246 e. The zero-order chi connectivity index (χ0) is 8.85. The Morgan fingerprint density at radius 3 is 2.50 bits per heavy atom. The summed E-state index contributed by atoms with van der Waals surface area (Å²) >= 11 is 0. The predicted molar refractivity (Wildman–Crippen MR) is 47.6 cm³/mol. The molecular formula is C8H17NO3. The normalized spacial score (nSPS) is 11.2. The Labute approximate surface area is 72.9 Å². The first-order valence-corrected chi connectivity index (χ1v) is 3.30. The first-order valence-electron chi connectivity index (χ1n) is 3.30. The first kappa shape index (κ1) is 13.7. The molecule has 0 saturated heterocycles. The Kier molecular flexibility index (Phi) is 7.78. The third kappa shape index (κ3) is 5.88. The molecular weight excluding hydrogens is 158 g/mol. The molecule has 3 N–H and O–H groups in total. The Morgan fingerprint density at radius 2 is 2.17 bits per heavy atom. The van der Waals surface area contributed by atoms with Gasteiger partial charge in [0, 0.05) is 12.1 Å². The zero-order valence-corrected chi connectivity index (χ0v) is 6.50. The number of amides is 1. The van der Waals surface area contributed by atoms with Gasteiger partial charge in [-0.3, -0.25) is 4.79 Å². The summed E-state index contributed by atoms with van der Waals surface area (Å²) in [6, 6.07) is 0. The minimum atomic E-state index is -0.890. The van der Waals surface area contributed by atoms with Crippen molar-refractivity contribution in [3.05, 3.63) is 12.2 Å². The van der Waals surface area contributed by atoms with Crippen molar-refractivity contribution >= 4 is 5.91 Å². The summed E-state index contributed by atoms with van der Waals surface area (Å²) in [5, 5.41) is 19.5. The lowest BCUT2D eigenvalue weighted by atomic mass is 10.3. The molecule has 0 bridgehead atoms. The number of hydrogen-bond donors (Lipinski definition) is 3. The standard InChI is InChI=1S/C7H13NO3.CH4/c1-5(2)7(11)8-3-6(10)4-9;/h6,9-10H,1,3-4H2,2H3,(H,8,11);1H4. The highest BCUT2D eigenvalue weighted by molar-refractivity contribution is 5.92. The molecule has 0 aliphatic rings. The maximum absolute atomic E-state index is 10.8. The number of carbonyl (C=O) groups is 1. The van der Waals surface area contributed by atoms with E-state index in [1.54, 1.807) is 6.92 Å². The highest BCUT2D eigenvalue weighted by Crippen LogP contribution is 1.85. The Morgan fingerprint density at radius 1 is 1.67 bits per heavy atom. The van der Waals surface area contributed by atoms with Crippen LogP contribution in [0.3, 0.4) is 0 Å². The van der Waals surface area contributed by atoms with E-state index in [1.165, 1.54) is 0 Å². The van der Waals surface area contributed by atoms with Gasteiger partial charge in [-0.15, -0.1) is 0 Å². The van der Waals surface area contributed by atoms with Gasteiger partial charge in [0.25, 0.3) is 0 Å². The first-order chi connectivity index (χ1) is 5.07. The molecule has 0 aromatic heterocycles. The molecule has 4 nitrogen and oxygen atoms in total. The van der Waals surface area contributed by atoms with E-state index in [0.29, 0.717) is 5.57 Å². The van der Waals surface area contributed by atoms with Crippen molar-refractivity contribution in [2.24, 2.45) is 0 Å². The van der Waals surface area contributed by atoms with Gasteiger partial charge in [-0.25, -0.2) is 0 Å². The van der Waals surface area contributed by atoms with Crippen LogP contribution in [0.4, 0.5) is 0 Å². The van der Waals surface area contributed by atoms with E-state index in [-0.39, 0.29) is 26.5 Å². The number of aliphatic hydroxyl groups excluding tert-OH is 2. The highest BCUT2D eigenvalue weighted by atomic mass is 16.3. The summed E-state index contributed by atoms with van der Waals surface area (Å²) < 4.78 is 0. The summed E-state index contributed by atoms with van der Waals surface area (Å²) in [4.78, 5) is 10.8. The van der Waals surface area contributed by atoms with Gasteiger partial charge in [0.2, 0.25) is 5.91 Å². The molecule has 1 unspecified atom stereocenters. The van der Waals surface area contributed by atoms with Crippen LogP contribution >= 0.6 is 0 Å². The molecule has 0 heterocycles. The van der Waals surface area contributed by atoms with Crippen molar-refractivity contribution in [1.82, 2.24) is 5.32 Å². The van der Waals surface area contributed by atoms with Crippen LogP contribution in [0.15, 0.2) is 12.2 Å². The lowest BCUT2D eigenvalue weighted by Crippen LogP contribution is -2.34. The van der Waals surface area contributed by atoms with E-state index in [4.69, 9.17) is 10.2 Å². The average molecular weight is 175 g/mol. The van der Waals surface area contributed by atoms with Gasteiger partial charge in [-0.05, 0) is 6.92 Å². The lowest BCUT2D eigenvalue weighted by molar-refractivity contribution is -0.118. The molecule has 0 aliphatic carbocycles. The second-order valence-corrected chi connectivity index (χ2v) is 2.33. The third-order valence-electron chi connectivity index (χ3n) is 1.10. The Hall–Kier alpha value is -0.870. The molecule has 12 heavy (non-hydrogen) atoms. The van der Waals surface area contributed by atoms with Gasteiger partial charge < -0.3 is 15.5 Å². The molecule has 0 aliphatic heterocycles. The molecule has 72 valence electrons. The fraction of sp³-hybridized carbons (Fsp3) is 0.625. The van der Waals surface area contributed by atoms with Crippen LogP contribution in [0.1, 0.15) is 14.4 Å². The molecule has 0 aromatic carbocycles. The van der Waals surface area contributed by atoms with Crippen molar-refractivity contribution in [2.45, 2.75) is 20.5 Å². The molecule has 0 spiro atoms. The van der Waals surface area contributed by atoms with Crippen molar-refractivity contribution in [3.8, 4) is 0 Å². The van der Waals surface area contributed by atoms with Crippen LogP contribution in [0, 0.1) is 0 Å². The summed E-state index contributed by atoms with van der Waals surface area (Å²) in [5.74, 6) is -0.308. The number of carbonyl (C=O) groups excluding carboxylic acids is 1. The van der Waals surface area contributed by atoms with E-state index in [0.717, 1.165) is 0 Å². The van der Waals surface area contributed by atoms with Gasteiger partial charge >= 0.3 is 0 Å². The topological polar surface area (TPSA) is 69.6 Å². The van der Waals surface area contributed by atoms with Gasteiger partial charge in [0.05, 0.1) is 12.7 Å². The second-order valence-electron chi connectivity index (χ2n) is 2.33. The predicted octanol–water partition coefficient (Wildman–Crippen LogP) is -0.332. The zero-order valence-electron chi connectivity index (χ0n) is 6.50. The Bertz CT molecular complexity index is 156. The van der Waals surface area contributed by atoms with E-state index in [9.17, 15) is 4.79 Å². The number of aliphatic hydroxyl groups is 2. The minimum Gasteiger partial charge on any atom is -0.394 e. The lowest BCUT2D eigenvalue weighted by Gasteiger charge is -2.07. The fourth-order valence-electron chi connectivity index (χ4n) is 0.426.